The molecule has 0 spiro atoms. The predicted molar refractivity (Wildman–Crippen MR) is 83.8 cm³/mol. The van der Waals surface area contributed by atoms with Crippen molar-refractivity contribution in [1.29, 1.82) is 5.26 Å². The summed E-state index contributed by atoms with van der Waals surface area (Å²) >= 11 is 0. The zero-order valence-electron chi connectivity index (χ0n) is 13.0. The first-order chi connectivity index (χ1) is 9.27. The van der Waals surface area contributed by atoms with Gasteiger partial charge in [0.1, 0.15) is 5.54 Å². The van der Waals surface area contributed by atoms with Crippen LogP contribution in [-0.2, 0) is 5.41 Å². The Morgan fingerprint density at radius 3 is 2.50 bits per heavy atom. The van der Waals surface area contributed by atoms with Crippen molar-refractivity contribution in [3.05, 3.63) is 35.5 Å². The highest BCUT2D eigenvalue weighted by atomic mass is 15.0. The summed E-state index contributed by atoms with van der Waals surface area (Å²) < 4.78 is 0. The third-order valence-electron chi connectivity index (χ3n) is 3.82. The van der Waals surface area contributed by atoms with Gasteiger partial charge >= 0.3 is 0 Å². The maximum Gasteiger partial charge on any atom is 0.101 e. The summed E-state index contributed by atoms with van der Waals surface area (Å²) in [5, 5.41) is 13.8. The smallest absolute Gasteiger partial charge is 0.101 e. The highest BCUT2D eigenvalue weighted by molar-refractivity contribution is 5.85. The largest absolute Gasteiger partial charge is 0.358 e. The predicted octanol–water partition coefficient (Wildman–Crippen LogP) is 3.65. The Morgan fingerprint density at radius 2 is 1.85 bits per heavy atom. The Labute approximate surface area is 121 Å². The van der Waals surface area contributed by atoms with E-state index in [1.807, 2.05) is 19.9 Å². The molecule has 1 aromatic heterocycles. The quantitative estimate of drug-likeness (QED) is 0.890. The van der Waals surface area contributed by atoms with Crippen molar-refractivity contribution in [3.63, 3.8) is 0 Å². The topological polar surface area (TPSA) is 51.6 Å². The van der Waals surface area contributed by atoms with Crippen LogP contribution in [0.1, 0.15) is 39.0 Å². The molecule has 0 aliphatic rings. The van der Waals surface area contributed by atoms with E-state index in [4.69, 9.17) is 5.26 Å². The molecule has 3 heteroatoms. The minimum atomic E-state index is -0.503. The summed E-state index contributed by atoms with van der Waals surface area (Å²) in [6, 6.07) is 10.7. The van der Waals surface area contributed by atoms with Gasteiger partial charge in [-0.25, -0.2) is 0 Å². The van der Waals surface area contributed by atoms with Gasteiger partial charge in [-0.3, -0.25) is 5.32 Å². The van der Waals surface area contributed by atoms with E-state index in [9.17, 15) is 0 Å². The van der Waals surface area contributed by atoms with Crippen molar-refractivity contribution in [1.82, 2.24) is 10.3 Å². The zero-order valence-corrected chi connectivity index (χ0v) is 13.0. The van der Waals surface area contributed by atoms with E-state index in [0.29, 0.717) is 0 Å². The van der Waals surface area contributed by atoms with Gasteiger partial charge in [0.05, 0.1) is 6.07 Å². The Kier molecular flexibility index (Phi) is 3.62. The van der Waals surface area contributed by atoms with Gasteiger partial charge in [0.15, 0.2) is 0 Å². The van der Waals surface area contributed by atoms with Crippen molar-refractivity contribution in [2.24, 2.45) is 0 Å². The van der Waals surface area contributed by atoms with E-state index < -0.39 is 5.54 Å². The van der Waals surface area contributed by atoms with Crippen LogP contribution >= 0.6 is 0 Å². The number of nitriles is 1. The number of benzene rings is 1. The van der Waals surface area contributed by atoms with Gasteiger partial charge in [-0.2, -0.15) is 5.26 Å². The van der Waals surface area contributed by atoms with Crippen molar-refractivity contribution >= 4 is 10.9 Å². The van der Waals surface area contributed by atoms with E-state index in [2.05, 4.69) is 55.3 Å². The summed E-state index contributed by atoms with van der Waals surface area (Å²) in [5.74, 6) is 0. The fourth-order valence-corrected chi connectivity index (χ4v) is 2.72. The number of hydrogen-bond acceptors (Lipinski definition) is 2. The van der Waals surface area contributed by atoms with E-state index in [1.54, 1.807) is 0 Å². The molecule has 2 rings (SSSR count). The van der Waals surface area contributed by atoms with Crippen LogP contribution in [0.4, 0.5) is 0 Å². The summed E-state index contributed by atoms with van der Waals surface area (Å²) in [4.78, 5) is 3.45. The van der Waals surface area contributed by atoms with E-state index in [1.165, 1.54) is 22.2 Å². The van der Waals surface area contributed by atoms with E-state index in [-0.39, 0.29) is 5.41 Å². The standard InChI is InChI=1S/C17H23N3/c1-12-15(13-8-6-7-9-14(13)20-12)16(2,3)11-19-17(4,5)10-18/h6-9,19-20H,11H2,1-5H3. The molecule has 0 radical (unpaired) electrons. The number of aryl methyl sites for hydroxylation is 1. The maximum absolute atomic E-state index is 9.13. The molecule has 0 fully saturated rings. The molecular formula is C17H23N3. The van der Waals surface area contributed by atoms with Gasteiger partial charge in [0.2, 0.25) is 0 Å². The SMILES string of the molecule is Cc1[nH]c2ccccc2c1C(C)(C)CNC(C)(C)C#N. The first-order valence-electron chi connectivity index (χ1n) is 7.01. The van der Waals surface area contributed by atoms with Crippen LogP contribution < -0.4 is 5.32 Å². The Bertz CT molecular complexity index is 656. The average Bonchev–Trinajstić information content (AvgIpc) is 2.73. The Balaban J connectivity index is 2.37. The number of aromatic amines is 1. The van der Waals surface area contributed by atoms with Crippen LogP contribution in [0.2, 0.25) is 0 Å². The third kappa shape index (κ3) is 2.71. The zero-order chi connectivity index (χ0) is 15.0. The van der Waals surface area contributed by atoms with Crippen molar-refractivity contribution in [3.8, 4) is 6.07 Å². The van der Waals surface area contributed by atoms with E-state index in [0.717, 1.165) is 6.54 Å². The molecule has 3 nitrogen and oxygen atoms in total. The van der Waals surface area contributed by atoms with Crippen molar-refractivity contribution in [2.45, 2.75) is 45.6 Å². The second-order valence-electron chi connectivity index (χ2n) is 6.64. The van der Waals surface area contributed by atoms with Crippen LogP contribution in [0.5, 0.6) is 0 Å². The number of fused-ring (bicyclic) bond motifs is 1. The second kappa shape index (κ2) is 4.96. The minimum absolute atomic E-state index is 0.0438. The number of H-pyrrole nitrogens is 1. The summed E-state index contributed by atoms with van der Waals surface area (Å²) in [5.41, 5.74) is 3.16. The molecule has 1 aromatic carbocycles. The van der Waals surface area contributed by atoms with E-state index >= 15 is 0 Å². The van der Waals surface area contributed by atoms with Gasteiger partial charge in [-0.15, -0.1) is 0 Å². The summed E-state index contributed by atoms with van der Waals surface area (Å²) in [6.07, 6.45) is 0. The number of hydrogen-bond donors (Lipinski definition) is 2. The second-order valence-corrected chi connectivity index (χ2v) is 6.64. The molecule has 0 saturated heterocycles. The first kappa shape index (κ1) is 14.6. The molecule has 0 unspecified atom stereocenters. The molecule has 2 aromatic rings. The van der Waals surface area contributed by atoms with Gasteiger partial charge in [0.25, 0.3) is 0 Å². The monoisotopic (exact) mass is 269 g/mol. The molecular weight excluding hydrogens is 246 g/mol. The van der Waals surface area contributed by atoms with Crippen LogP contribution in [-0.4, -0.2) is 17.1 Å². The lowest BCUT2D eigenvalue weighted by Gasteiger charge is -2.30. The fraction of sp³-hybridized carbons (Fsp3) is 0.471. The molecule has 1 heterocycles. The van der Waals surface area contributed by atoms with Crippen LogP contribution in [0, 0.1) is 18.3 Å². The molecule has 0 amide bonds. The van der Waals surface area contributed by atoms with Crippen LogP contribution in [0.3, 0.4) is 0 Å². The molecule has 0 saturated carbocycles. The third-order valence-corrected chi connectivity index (χ3v) is 3.82. The summed E-state index contributed by atoms with van der Waals surface area (Å²) in [7, 11) is 0. The lowest BCUT2D eigenvalue weighted by Crippen LogP contribution is -2.44. The van der Waals surface area contributed by atoms with Crippen LogP contribution in [0.25, 0.3) is 10.9 Å². The number of aromatic nitrogens is 1. The Morgan fingerprint density at radius 1 is 1.20 bits per heavy atom. The molecule has 0 atom stereocenters. The molecule has 0 aliphatic carbocycles. The lowest BCUT2D eigenvalue weighted by molar-refractivity contribution is 0.398. The lowest BCUT2D eigenvalue weighted by atomic mass is 9.82. The molecule has 0 bridgehead atoms. The van der Waals surface area contributed by atoms with Gasteiger partial charge in [0, 0.05) is 28.6 Å². The Hall–Kier alpha value is -1.79. The van der Waals surface area contributed by atoms with Crippen molar-refractivity contribution in [2.75, 3.05) is 6.54 Å². The number of nitrogens with zero attached hydrogens (tertiary/aromatic N) is 1. The number of nitrogens with one attached hydrogen (secondary N) is 2. The van der Waals surface area contributed by atoms with Crippen LogP contribution in [0.15, 0.2) is 24.3 Å². The van der Waals surface area contributed by atoms with Crippen molar-refractivity contribution < 1.29 is 0 Å². The normalized spacial score (nSPS) is 12.6. The first-order valence-corrected chi connectivity index (χ1v) is 7.01. The molecule has 20 heavy (non-hydrogen) atoms. The molecule has 2 N–H and O–H groups in total. The maximum atomic E-state index is 9.13. The fourth-order valence-electron chi connectivity index (χ4n) is 2.72. The minimum Gasteiger partial charge on any atom is -0.358 e. The van der Waals surface area contributed by atoms with Gasteiger partial charge in [-0.1, -0.05) is 32.0 Å². The highest BCUT2D eigenvalue weighted by Crippen LogP contribution is 2.33. The molecule has 106 valence electrons. The van der Waals surface area contributed by atoms with Gasteiger partial charge < -0.3 is 4.98 Å². The number of rotatable bonds is 4. The van der Waals surface area contributed by atoms with Gasteiger partial charge in [-0.05, 0) is 32.4 Å². The average molecular weight is 269 g/mol. The molecule has 0 aliphatic heterocycles. The highest BCUT2D eigenvalue weighted by Gasteiger charge is 2.28. The summed E-state index contributed by atoms with van der Waals surface area (Å²) in [6.45, 7) is 11.1. The number of para-hydroxylation sites is 1.